The number of nitrogens with one attached hydrogen (secondary N) is 1. The molecule has 0 saturated carbocycles. The first-order chi connectivity index (χ1) is 6.86. The maximum absolute atomic E-state index is 4.49. The molecule has 76 valence electrons. The number of rotatable bonds is 2. The van der Waals surface area contributed by atoms with E-state index in [4.69, 9.17) is 0 Å². The number of hydrogen-bond acceptors (Lipinski definition) is 3. The van der Waals surface area contributed by atoms with Gasteiger partial charge in [0, 0.05) is 17.8 Å². The van der Waals surface area contributed by atoms with Gasteiger partial charge in [-0.15, -0.1) is 11.3 Å². The van der Waals surface area contributed by atoms with Crippen LogP contribution in [0.5, 0.6) is 0 Å². The molecule has 3 heteroatoms. The van der Waals surface area contributed by atoms with Crippen molar-refractivity contribution in [1.29, 1.82) is 0 Å². The van der Waals surface area contributed by atoms with Gasteiger partial charge in [-0.05, 0) is 31.2 Å². The van der Waals surface area contributed by atoms with Crippen molar-refractivity contribution in [2.24, 2.45) is 4.99 Å². The van der Waals surface area contributed by atoms with E-state index in [1.54, 1.807) is 11.3 Å². The molecule has 1 aromatic heterocycles. The molecule has 2 nitrogen and oxygen atoms in total. The summed E-state index contributed by atoms with van der Waals surface area (Å²) in [5, 5.41) is 5.60. The molecular weight excluding hydrogens is 192 g/mol. The molecular formula is C11H16N2S. The predicted molar refractivity (Wildman–Crippen MR) is 62.0 cm³/mol. The third-order valence-electron chi connectivity index (χ3n) is 2.48. The van der Waals surface area contributed by atoms with Gasteiger partial charge >= 0.3 is 0 Å². The Balaban J connectivity index is 1.94. The standard InChI is InChI=1S/C11H16N2S/c1-9(10-5-4-8-14-10)13-11-6-2-3-7-12-11/h4-5,8-9H,2-3,6-7H2,1H3,(H,12,13). The Kier molecular flexibility index (Phi) is 3.19. The quantitative estimate of drug-likeness (QED) is 0.794. The Labute approximate surface area is 89.1 Å². The molecule has 1 unspecified atom stereocenters. The zero-order chi connectivity index (χ0) is 9.80. The van der Waals surface area contributed by atoms with E-state index in [0.29, 0.717) is 6.04 Å². The molecule has 0 bridgehead atoms. The molecule has 2 heterocycles. The Morgan fingerprint density at radius 1 is 1.50 bits per heavy atom. The molecule has 0 aromatic carbocycles. The van der Waals surface area contributed by atoms with E-state index in [-0.39, 0.29) is 0 Å². The number of hydrogen-bond donors (Lipinski definition) is 1. The summed E-state index contributed by atoms with van der Waals surface area (Å²) in [7, 11) is 0. The van der Waals surface area contributed by atoms with Crippen molar-refractivity contribution >= 4 is 17.2 Å². The first-order valence-electron chi connectivity index (χ1n) is 5.19. The SMILES string of the molecule is CC(NC1=NCCCC1)c1cccs1. The van der Waals surface area contributed by atoms with E-state index in [1.807, 2.05) is 0 Å². The maximum Gasteiger partial charge on any atom is 0.0968 e. The van der Waals surface area contributed by atoms with Crippen molar-refractivity contribution in [3.05, 3.63) is 22.4 Å². The molecule has 2 rings (SSSR count). The molecule has 0 saturated heterocycles. The fourth-order valence-corrected chi connectivity index (χ4v) is 2.41. The fraction of sp³-hybridized carbons (Fsp3) is 0.545. The second-order valence-electron chi connectivity index (χ2n) is 3.67. The third-order valence-corrected chi connectivity index (χ3v) is 3.53. The molecule has 0 amide bonds. The van der Waals surface area contributed by atoms with Crippen LogP contribution in [0.2, 0.25) is 0 Å². The van der Waals surface area contributed by atoms with E-state index in [9.17, 15) is 0 Å². The second kappa shape index (κ2) is 4.60. The minimum atomic E-state index is 0.409. The van der Waals surface area contributed by atoms with Gasteiger partial charge in [0.15, 0.2) is 0 Å². The molecule has 1 N–H and O–H groups in total. The number of nitrogens with zero attached hydrogens (tertiary/aromatic N) is 1. The van der Waals surface area contributed by atoms with Gasteiger partial charge in [-0.2, -0.15) is 0 Å². The highest BCUT2D eigenvalue weighted by atomic mass is 32.1. The predicted octanol–water partition coefficient (Wildman–Crippen LogP) is 2.98. The van der Waals surface area contributed by atoms with Crippen LogP contribution in [0.3, 0.4) is 0 Å². The van der Waals surface area contributed by atoms with E-state index < -0.39 is 0 Å². The lowest BCUT2D eigenvalue weighted by atomic mass is 10.1. The van der Waals surface area contributed by atoms with Crippen LogP contribution in [-0.2, 0) is 0 Å². The van der Waals surface area contributed by atoms with Crippen LogP contribution in [0, 0.1) is 0 Å². The van der Waals surface area contributed by atoms with E-state index in [1.165, 1.54) is 23.6 Å². The van der Waals surface area contributed by atoms with Gasteiger partial charge < -0.3 is 5.32 Å². The molecule has 0 spiro atoms. The summed E-state index contributed by atoms with van der Waals surface area (Å²) in [5.41, 5.74) is 0. The van der Waals surface area contributed by atoms with Crippen LogP contribution in [0.15, 0.2) is 22.5 Å². The van der Waals surface area contributed by atoms with Crippen molar-refractivity contribution < 1.29 is 0 Å². The zero-order valence-corrected chi connectivity index (χ0v) is 9.31. The Morgan fingerprint density at radius 3 is 3.07 bits per heavy atom. The topological polar surface area (TPSA) is 24.4 Å². The fourth-order valence-electron chi connectivity index (χ4n) is 1.67. The van der Waals surface area contributed by atoms with Gasteiger partial charge in [0.2, 0.25) is 0 Å². The van der Waals surface area contributed by atoms with Gasteiger partial charge in [-0.1, -0.05) is 6.07 Å². The normalized spacial score (nSPS) is 18.8. The smallest absolute Gasteiger partial charge is 0.0968 e. The largest absolute Gasteiger partial charge is 0.367 e. The molecule has 1 atom stereocenters. The molecule has 1 aromatic rings. The minimum absolute atomic E-state index is 0.409. The monoisotopic (exact) mass is 208 g/mol. The average Bonchev–Trinajstić information content (AvgIpc) is 2.72. The first kappa shape index (κ1) is 9.71. The van der Waals surface area contributed by atoms with Crippen molar-refractivity contribution in [1.82, 2.24) is 5.32 Å². The lowest BCUT2D eigenvalue weighted by molar-refractivity contribution is 0.663. The molecule has 0 aliphatic carbocycles. The van der Waals surface area contributed by atoms with Crippen molar-refractivity contribution in [3.8, 4) is 0 Å². The van der Waals surface area contributed by atoms with Crippen LogP contribution >= 0.6 is 11.3 Å². The van der Waals surface area contributed by atoms with E-state index >= 15 is 0 Å². The lowest BCUT2D eigenvalue weighted by Crippen LogP contribution is -2.28. The van der Waals surface area contributed by atoms with E-state index in [2.05, 4.69) is 34.7 Å². The average molecular weight is 208 g/mol. The van der Waals surface area contributed by atoms with Gasteiger partial charge in [0.25, 0.3) is 0 Å². The number of aliphatic imine (C=N–C) groups is 1. The van der Waals surface area contributed by atoms with Crippen molar-refractivity contribution in [3.63, 3.8) is 0 Å². The Morgan fingerprint density at radius 2 is 2.43 bits per heavy atom. The maximum atomic E-state index is 4.49. The minimum Gasteiger partial charge on any atom is -0.367 e. The van der Waals surface area contributed by atoms with Gasteiger partial charge in [-0.3, -0.25) is 4.99 Å². The summed E-state index contributed by atoms with van der Waals surface area (Å²) in [6, 6.07) is 4.68. The summed E-state index contributed by atoms with van der Waals surface area (Å²) in [5.74, 6) is 1.19. The van der Waals surface area contributed by atoms with Crippen LogP contribution < -0.4 is 5.32 Å². The van der Waals surface area contributed by atoms with Crippen molar-refractivity contribution in [2.45, 2.75) is 32.2 Å². The second-order valence-corrected chi connectivity index (χ2v) is 4.65. The molecule has 14 heavy (non-hydrogen) atoms. The molecule has 0 radical (unpaired) electrons. The number of amidine groups is 1. The van der Waals surface area contributed by atoms with Crippen LogP contribution in [-0.4, -0.2) is 12.4 Å². The molecule has 1 aliphatic heterocycles. The van der Waals surface area contributed by atoms with Crippen LogP contribution in [0.4, 0.5) is 0 Å². The van der Waals surface area contributed by atoms with E-state index in [0.717, 1.165) is 13.0 Å². The summed E-state index contributed by atoms with van der Waals surface area (Å²) in [6.07, 6.45) is 3.65. The zero-order valence-electron chi connectivity index (χ0n) is 8.49. The Hall–Kier alpha value is -0.830. The van der Waals surface area contributed by atoms with Crippen molar-refractivity contribution in [2.75, 3.05) is 6.54 Å². The summed E-state index contributed by atoms with van der Waals surface area (Å²) in [4.78, 5) is 5.88. The van der Waals surface area contributed by atoms with Gasteiger partial charge in [0.05, 0.1) is 11.9 Å². The highest BCUT2D eigenvalue weighted by Gasteiger charge is 2.10. The lowest BCUT2D eigenvalue weighted by Gasteiger charge is -2.18. The van der Waals surface area contributed by atoms with Crippen LogP contribution in [0.1, 0.15) is 37.1 Å². The summed E-state index contributed by atoms with van der Waals surface area (Å²) >= 11 is 1.80. The number of thiophene rings is 1. The molecule has 1 aliphatic rings. The summed E-state index contributed by atoms with van der Waals surface area (Å²) < 4.78 is 0. The first-order valence-corrected chi connectivity index (χ1v) is 6.07. The Bertz CT molecular complexity index is 303. The highest BCUT2D eigenvalue weighted by molar-refractivity contribution is 7.10. The van der Waals surface area contributed by atoms with Gasteiger partial charge in [-0.25, -0.2) is 0 Å². The third kappa shape index (κ3) is 2.35. The highest BCUT2D eigenvalue weighted by Crippen LogP contribution is 2.19. The van der Waals surface area contributed by atoms with Gasteiger partial charge in [0.1, 0.15) is 0 Å². The van der Waals surface area contributed by atoms with Crippen LogP contribution in [0.25, 0.3) is 0 Å². The molecule has 0 fully saturated rings. The summed E-state index contributed by atoms with van der Waals surface area (Å²) in [6.45, 7) is 3.20.